The Balaban J connectivity index is 2.23. The number of rotatable bonds is 8. The van der Waals surface area contributed by atoms with E-state index in [4.69, 9.17) is 15.3 Å². The summed E-state index contributed by atoms with van der Waals surface area (Å²) in [6.07, 6.45) is 4.90. The topological polar surface area (TPSA) is 56.5 Å². The van der Waals surface area contributed by atoms with Crippen LogP contribution in [0.3, 0.4) is 0 Å². The van der Waals surface area contributed by atoms with E-state index in [1.807, 2.05) is 0 Å². The van der Waals surface area contributed by atoms with Gasteiger partial charge in [0.25, 0.3) is 0 Å². The first-order chi connectivity index (χ1) is 8.69. The maximum absolute atomic E-state index is 5.69. The summed E-state index contributed by atoms with van der Waals surface area (Å²) in [4.78, 5) is 0. The Labute approximate surface area is 112 Å². The monoisotopic (exact) mass is 258 g/mol. The first kappa shape index (κ1) is 15.9. The van der Waals surface area contributed by atoms with Crippen molar-refractivity contribution in [2.45, 2.75) is 45.6 Å². The van der Waals surface area contributed by atoms with E-state index in [2.05, 4.69) is 19.3 Å². The molecule has 4 nitrogen and oxygen atoms in total. The van der Waals surface area contributed by atoms with Gasteiger partial charge >= 0.3 is 0 Å². The number of hydrazine groups is 1. The second-order valence-electron chi connectivity index (χ2n) is 5.69. The highest BCUT2D eigenvalue weighted by Gasteiger charge is 2.29. The quantitative estimate of drug-likeness (QED) is 0.397. The zero-order valence-electron chi connectivity index (χ0n) is 12.2. The largest absolute Gasteiger partial charge is 0.382 e. The van der Waals surface area contributed by atoms with Crippen LogP contribution >= 0.6 is 0 Å². The first-order valence-electron chi connectivity index (χ1n) is 7.21. The summed E-state index contributed by atoms with van der Waals surface area (Å²) in [7, 11) is 1.69. The van der Waals surface area contributed by atoms with Gasteiger partial charge in [0.05, 0.1) is 13.2 Å². The van der Waals surface area contributed by atoms with Crippen LogP contribution in [-0.2, 0) is 9.47 Å². The molecule has 0 aromatic carbocycles. The molecule has 4 atom stereocenters. The summed E-state index contributed by atoms with van der Waals surface area (Å²) >= 11 is 0. The fourth-order valence-corrected chi connectivity index (χ4v) is 2.86. The normalized spacial score (nSPS) is 30.3. The minimum absolute atomic E-state index is 0.391. The van der Waals surface area contributed by atoms with E-state index in [0.717, 1.165) is 24.9 Å². The van der Waals surface area contributed by atoms with Gasteiger partial charge in [-0.2, -0.15) is 0 Å². The number of nitrogens with one attached hydrogen (secondary N) is 1. The molecule has 0 spiro atoms. The van der Waals surface area contributed by atoms with E-state index in [1.54, 1.807) is 7.11 Å². The molecule has 1 aliphatic carbocycles. The predicted molar refractivity (Wildman–Crippen MR) is 74.1 cm³/mol. The van der Waals surface area contributed by atoms with Crippen molar-refractivity contribution in [2.75, 3.05) is 26.9 Å². The highest BCUT2D eigenvalue weighted by molar-refractivity contribution is 4.82. The molecular formula is C14H30N2O2. The Morgan fingerprint density at radius 3 is 2.56 bits per heavy atom. The third-order valence-corrected chi connectivity index (χ3v) is 4.43. The zero-order chi connectivity index (χ0) is 13.4. The molecule has 4 unspecified atom stereocenters. The fraction of sp³-hybridized carbons (Fsp3) is 1.00. The van der Waals surface area contributed by atoms with Crippen molar-refractivity contribution in [3.63, 3.8) is 0 Å². The molecule has 1 rings (SSSR count). The van der Waals surface area contributed by atoms with E-state index in [1.165, 1.54) is 19.3 Å². The molecule has 4 heteroatoms. The minimum atomic E-state index is 0.391. The van der Waals surface area contributed by atoms with Crippen molar-refractivity contribution >= 4 is 0 Å². The molecule has 0 heterocycles. The van der Waals surface area contributed by atoms with Crippen LogP contribution in [0.15, 0.2) is 0 Å². The Morgan fingerprint density at radius 2 is 1.94 bits per heavy atom. The second-order valence-corrected chi connectivity index (χ2v) is 5.69. The van der Waals surface area contributed by atoms with Gasteiger partial charge in [-0.1, -0.05) is 20.3 Å². The van der Waals surface area contributed by atoms with Gasteiger partial charge in [0.1, 0.15) is 0 Å². The zero-order valence-corrected chi connectivity index (χ0v) is 12.2. The van der Waals surface area contributed by atoms with E-state index in [9.17, 15) is 0 Å². The van der Waals surface area contributed by atoms with Gasteiger partial charge in [0, 0.05) is 19.8 Å². The highest BCUT2D eigenvalue weighted by Crippen LogP contribution is 2.35. The van der Waals surface area contributed by atoms with Crippen LogP contribution in [0.5, 0.6) is 0 Å². The number of hydrogen-bond donors (Lipinski definition) is 2. The Hall–Kier alpha value is -0.160. The van der Waals surface area contributed by atoms with E-state index in [0.29, 0.717) is 25.2 Å². The molecule has 3 N–H and O–H groups in total. The lowest BCUT2D eigenvalue weighted by atomic mass is 9.73. The first-order valence-corrected chi connectivity index (χ1v) is 7.21. The highest BCUT2D eigenvalue weighted by atomic mass is 16.5. The number of nitrogens with two attached hydrogens (primary N) is 1. The molecular weight excluding hydrogens is 228 g/mol. The van der Waals surface area contributed by atoms with E-state index < -0.39 is 0 Å². The molecule has 0 aliphatic heterocycles. The molecule has 0 amide bonds. The van der Waals surface area contributed by atoms with Crippen molar-refractivity contribution in [3.8, 4) is 0 Å². The molecule has 0 aromatic rings. The Kier molecular flexibility index (Phi) is 7.82. The number of ether oxygens (including phenoxy) is 2. The lowest BCUT2D eigenvalue weighted by molar-refractivity contribution is 0.0586. The SMILES string of the molecule is COCCOCCC(NN)C1CCC(C)C(C)C1. The maximum Gasteiger partial charge on any atom is 0.0700 e. The van der Waals surface area contributed by atoms with Gasteiger partial charge in [-0.15, -0.1) is 0 Å². The summed E-state index contributed by atoms with van der Waals surface area (Å²) in [6.45, 7) is 6.82. The van der Waals surface area contributed by atoms with Crippen LogP contribution in [0.1, 0.15) is 39.5 Å². The van der Waals surface area contributed by atoms with Crippen molar-refractivity contribution in [2.24, 2.45) is 23.6 Å². The third kappa shape index (κ3) is 5.22. The average molecular weight is 258 g/mol. The van der Waals surface area contributed by atoms with Crippen LogP contribution in [0.4, 0.5) is 0 Å². The van der Waals surface area contributed by atoms with Gasteiger partial charge in [0.2, 0.25) is 0 Å². The molecule has 1 aliphatic rings. The summed E-state index contributed by atoms with van der Waals surface area (Å²) in [5.74, 6) is 8.07. The smallest absolute Gasteiger partial charge is 0.0700 e. The van der Waals surface area contributed by atoms with Crippen LogP contribution < -0.4 is 11.3 Å². The average Bonchev–Trinajstić information content (AvgIpc) is 2.37. The van der Waals surface area contributed by atoms with E-state index >= 15 is 0 Å². The van der Waals surface area contributed by atoms with Gasteiger partial charge < -0.3 is 9.47 Å². The molecule has 0 bridgehead atoms. The second kappa shape index (κ2) is 8.86. The van der Waals surface area contributed by atoms with Crippen LogP contribution in [0.25, 0.3) is 0 Å². The lowest BCUT2D eigenvalue weighted by Gasteiger charge is -2.36. The molecule has 0 aromatic heterocycles. The van der Waals surface area contributed by atoms with Crippen molar-refractivity contribution in [1.29, 1.82) is 0 Å². The van der Waals surface area contributed by atoms with Crippen molar-refractivity contribution in [3.05, 3.63) is 0 Å². The minimum Gasteiger partial charge on any atom is -0.382 e. The summed E-state index contributed by atoms with van der Waals surface area (Å²) in [5, 5.41) is 0. The summed E-state index contributed by atoms with van der Waals surface area (Å²) in [6, 6.07) is 0.391. The Morgan fingerprint density at radius 1 is 1.17 bits per heavy atom. The molecule has 1 saturated carbocycles. The number of methoxy groups -OCH3 is 1. The molecule has 0 saturated heterocycles. The van der Waals surface area contributed by atoms with Crippen LogP contribution in [-0.4, -0.2) is 33.0 Å². The van der Waals surface area contributed by atoms with Gasteiger partial charge in [0.15, 0.2) is 0 Å². The molecule has 108 valence electrons. The molecule has 18 heavy (non-hydrogen) atoms. The maximum atomic E-state index is 5.69. The van der Waals surface area contributed by atoms with Crippen molar-refractivity contribution in [1.82, 2.24) is 5.43 Å². The van der Waals surface area contributed by atoms with Crippen molar-refractivity contribution < 1.29 is 9.47 Å². The number of hydrogen-bond acceptors (Lipinski definition) is 4. The standard InChI is InChI=1S/C14H30N2O2/c1-11-4-5-13(10-12(11)2)14(16-15)6-7-18-9-8-17-3/h11-14,16H,4-10,15H2,1-3H3. The van der Waals surface area contributed by atoms with E-state index in [-0.39, 0.29) is 0 Å². The molecule has 0 radical (unpaired) electrons. The van der Waals surface area contributed by atoms with Gasteiger partial charge in [-0.25, -0.2) is 0 Å². The van der Waals surface area contributed by atoms with Crippen LogP contribution in [0.2, 0.25) is 0 Å². The predicted octanol–water partition coefficient (Wildman–Crippen LogP) is 1.94. The van der Waals surface area contributed by atoms with Crippen LogP contribution in [0, 0.1) is 17.8 Å². The van der Waals surface area contributed by atoms with Gasteiger partial charge in [-0.05, 0) is 37.0 Å². The van der Waals surface area contributed by atoms with Gasteiger partial charge in [-0.3, -0.25) is 11.3 Å². The molecule has 1 fully saturated rings. The Bertz CT molecular complexity index is 214. The third-order valence-electron chi connectivity index (χ3n) is 4.43. The summed E-state index contributed by atoms with van der Waals surface area (Å²) in [5.41, 5.74) is 2.99. The fourth-order valence-electron chi connectivity index (χ4n) is 2.86. The lowest BCUT2D eigenvalue weighted by Crippen LogP contribution is -2.44. The summed E-state index contributed by atoms with van der Waals surface area (Å²) < 4.78 is 10.5.